The van der Waals surface area contributed by atoms with Crippen LogP contribution in [0, 0.1) is 11.3 Å². The molecule has 0 bridgehead atoms. The predicted octanol–water partition coefficient (Wildman–Crippen LogP) is 5.23. The minimum absolute atomic E-state index is 0.00196. The first-order valence-electron chi connectivity index (χ1n) is 13.5. The van der Waals surface area contributed by atoms with Crippen LogP contribution >= 0.6 is 0 Å². The van der Waals surface area contributed by atoms with Gasteiger partial charge in [-0.05, 0) is 98.3 Å². The number of carbonyl (C=O) groups excluding carboxylic acids is 1. The number of likely N-dealkylation sites (tertiary alicyclic amines) is 2. The van der Waals surface area contributed by atoms with Gasteiger partial charge in [-0.2, -0.15) is 0 Å². The third-order valence-electron chi connectivity index (χ3n) is 8.36. The highest BCUT2D eigenvalue weighted by atomic mass is 16.5. The van der Waals surface area contributed by atoms with E-state index in [-0.39, 0.29) is 5.91 Å². The fourth-order valence-corrected chi connectivity index (χ4v) is 5.87. The second-order valence-electron chi connectivity index (χ2n) is 11.3. The van der Waals surface area contributed by atoms with Crippen LogP contribution in [0.2, 0.25) is 0 Å². The minimum Gasteiger partial charge on any atom is -0.493 e. The number of ether oxygens (including phenoxy) is 1. The predicted molar refractivity (Wildman–Crippen MR) is 140 cm³/mol. The molecule has 2 aliphatic heterocycles. The first kappa shape index (κ1) is 24.3. The molecule has 1 aliphatic carbocycles. The quantitative estimate of drug-likeness (QED) is 0.594. The Morgan fingerprint density at radius 2 is 1.60 bits per heavy atom. The van der Waals surface area contributed by atoms with Crippen LogP contribution in [0.5, 0.6) is 5.75 Å². The molecule has 3 aliphatic rings. The highest BCUT2D eigenvalue weighted by molar-refractivity contribution is 5.94. The van der Waals surface area contributed by atoms with Crippen molar-refractivity contribution in [2.75, 3.05) is 39.3 Å². The van der Waals surface area contributed by atoms with E-state index in [1.54, 1.807) is 4.90 Å². The Morgan fingerprint density at radius 1 is 0.943 bits per heavy atom. The molecular weight excluding hydrogens is 436 g/mol. The van der Waals surface area contributed by atoms with Gasteiger partial charge in [0.25, 0.3) is 5.91 Å². The molecule has 3 fully saturated rings. The summed E-state index contributed by atoms with van der Waals surface area (Å²) in [5.41, 5.74) is 3.45. The molecule has 188 valence electrons. The first-order valence-corrected chi connectivity index (χ1v) is 13.5. The van der Waals surface area contributed by atoms with Crippen molar-refractivity contribution >= 4 is 5.91 Å². The average Bonchev–Trinajstić information content (AvgIpc) is 2.87. The maximum atomic E-state index is 12.7. The maximum Gasteiger partial charge on any atom is 0.253 e. The van der Waals surface area contributed by atoms with Gasteiger partial charge in [-0.25, -0.2) is 0 Å². The molecule has 0 aromatic heterocycles. The topological polar surface area (TPSA) is 53.0 Å². The van der Waals surface area contributed by atoms with Crippen LogP contribution in [0.1, 0.15) is 62.2 Å². The molecule has 0 spiro atoms. The maximum absolute atomic E-state index is 12.7. The van der Waals surface area contributed by atoms with Crippen molar-refractivity contribution in [2.45, 2.75) is 58.0 Å². The van der Waals surface area contributed by atoms with E-state index in [1.165, 1.54) is 51.7 Å². The van der Waals surface area contributed by atoms with Crippen LogP contribution in [0.3, 0.4) is 0 Å². The number of rotatable bonds is 7. The van der Waals surface area contributed by atoms with Crippen LogP contribution in [-0.2, 0) is 0 Å². The van der Waals surface area contributed by atoms with Crippen molar-refractivity contribution in [3.05, 3.63) is 54.1 Å². The molecule has 2 aromatic rings. The van der Waals surface area contributed by atoms with Crippen molar-refractivity contribution in [3.63, 3.8) is 0 Å². The largest absolute Gasteiger partial charge is 0.493 e. The summed E-state index contributed by atoms with van der Waals surface area (Å²) in [6.45, 7) is 8.09. The van der Waals surface area contributed by atoms with Gasteiger partial charge in [0.1, 0.15) is 5.75 Å². The monoisotopic (exact) mass is 476 g/mol. The molecule has 0 radical (unpaired) electrons. The zero-order valence-electron chi connectivity index (χ0n) is 21.1. The fraction of sp³-hybridized carbons (Fsp3) is 0.567. The van der Waals surface area contributed by atoms with Crippen molar-refractivity contribution in [3.8, 4) is 16.9 Å². The number of β-amino-alcohol motifs (C(OH)–C–C–N with tert-alkyl or cyclic N) is 1. The summed E-state index contributed by atoms with van der Waals surface area (Å²) in [5.74, 6) is 1.57. The number of carbonyl (C=O) groups is 1. The molecule has 1 N–H and O–H groups in total. The van der Waals surface area contributed by atoms with E-state index in [0.29, 0.717) is 23.4 Å². The van der Waals surface area contributed by atoms with Crippen molar-refractivity contribution in [2.24, 2.45) is 11.3 Å². The van der Waals surface area contributed by atoms with E-state index in [4.69, 9.17) is 4.74 Å². The SMILES string of the molecule is CC1(CN2CCC(COc3ccc(-c4ccc(C(=O)N5CCC[C@H](O)C5)cc4)cc3)CC2)CCC1. The van der Waals surface area contributed by atoms with Gasteiger partial charge >= 0.3 is 0 Å². The summed E-state index contributed by atoms with van der Waals surface area (Å²) in [6, 6.07) is 16.1. The summed E-state index contributed by atoms with van der Waals surface area (Å²) < 4.78 is 6.14. The Kier molecular flexibility index (Phi) is 7.45. The Balaban J connectivity index is 1.09. The number of aliphatic hydroxyl groups is 1. The van der Waals surface area contributed by atoms with Crippen molar-refractivity contribution < 1.29 is 14.6 Å². The summed E-state index contributed by atoms with van der Waals surface area (Å²) in [4.78, 5) is 17.2. The Bertz CT molecular complexity index is 976. The molecule has 0 unspecified atom stereocenters. The van der Waals surface area contributed by atoms with Gasteiger partial charge in [0.05, 0.1) is 12.7 Å². The molecule has 5 heteroatoms. The van der Waals surface area contributed by atoms with E-state index in [9.17, 15) is 9.90 Å². The second-order valence-corrected chi connectivity index (χ2v) is 11.3. The molecule has 1 saturated carbocycles. The molecule has 5 nitrogen and oxygen atoms in total. The number of hydrogen-bond acceptors (Lipinski definition) is 4. The van der Waals surface area contributed by atoms with Crippen LogP contribution in [0.25, 0.3) is 11.1 Å². The molecule has 1 amide bonds. The van der Waals surface area contributed by atoms with Crippen LogP contribution in [-0.4, -0.2) is 66.2 Å². The molecule has 2 heterocycles. The van der Waals surface area contributed by atoms with Gasteiger partial charge in [0, 0.05) is 25.2 Å². The summed E-state index contributed by atoms with van der Waals surface area (Å²) in [6.07, 6.45) is 7.91. The third kappa shape index (κ3) is 6.07. The van der Waals surface area contributed by atoms with E-state index in [2.05, 4.69) is 36.1 Å². The van der Waals surface area contributed by atoms with E-state index >= 15 is 0 Å². The number of benzene rings is 2. The number of piperidine rings is 2. The van der Waals surface area contributed by atoms with Gasteiger partial charge in [-0.15, -0.1) is 0 Å². The van der Waals surface area contributed by atoms with E-state index < -0.39 is 6.10 Å². The van der Waals surface area contributed by atoms with Gasteiger partial charge < -0.3 is 19.6 Å². The minimum atomic E-state index is -0.402. The molecule has 5 rings (SSSR count). The Morgan fingerprint density at radius 3 is 2.20 bits per heavy atom. The molecule has 2 saturated heterocycles. The van der Waals surface area contributed by atoms with Crippen LogP contribution in [0.15, 0.2) is 48.5 Å². The van der Waals surface area contributed by atoms with Gasteiger partial charge in [-0.3, -0.25) is 4.79 Å². The van der Waals surface area contributed by atoms with Gasteiger partial charge in [0.2, 0.25) is 0 Å². The van der Waals surface area contributed by atoms with Crippen molar-refractivity contribution in [1.29, 1.82) is 0 Å². The smallest absolute Gasteiger partial charge is 0.253 e. The Labute approximate surface area is 210 Å². The Hall–Kier alpha value is -2.37. The second kappa shape index (κ2) is 10.7. The number of amides is 1. The molecule has 2 aromatic carbocycles. The fourth-order valence-electron chi connectivity index (χ4n) is 5.87. The molecule has 35 heavy (non-hydrogen) atoms. The summed E-state index contributed by atoms with van der Waals surface area (Å²) >= 11 is 0. The average molecular weight is 477 g/mol. The standard InChI is InChI=1S/C30H40N2O3/c1-30(15-3-16-30)22-31-18-13-23(14-19-31)21-35-28-11-9-25(10-12-28)24-5-7-26(8-6-24)29(34)32-17-2-4-27(33)20-32/h5-12,23,27,33H,2-4,13-22H2,1H3/t27-/m0/s1. The van der Waals surface area contributed by atoms with Gasteiger partial charge in [0.15, 0.2) is 0 Å². The highest BCUT2D eigenvalue weighted by Gasteiger charge is 2.34. The van der Waals surface area contributed by atoms with Crippen LogP contribution in [0.4, 0.5) is 0 Å². The first-order chi connectivity index (χ1) is 17.0. The lowest BCUT2D eigenvalue weighted by atomic mass is 9.70. The lowest BCUT2D eigenvalue weighted by Crippen LogP contribution is -2.44. The normalized spacial score (nSPS) is 23.0. The van der Waals surface area contributed by atoms with E-state index in [0.717, 1.165) is 42.9 Å². The summed E-state index contributed by atoms with van der Waals surface area (Å²) in [5, 5.41) is 9.85. The molecule has 1 atom stereocenters. The number of nitrogens with zero attached hydrogens (tertiary/aromatic N) is 2. The lowest BCUT2D eigenvalue weighted by molar-refractivity contribution is 0.0474. The number of aliphatic hydroxyl groups excluding tert-OH is 1. The number of hydrogen-bond donors (Lipinski definition) is 1. The van der Waals surface area contributed by atoms with Crippen LogP contribution < -0.4 is 4.74 Å². The zero-order valence-corrected chi connectivity index (χ0v) is 21.1. The van der Waals surface area contributed by atoms with E-state index in [1.807, 2.05) is 24.3 Å². The highest BCUT2D eigenvalue weighted by Crippen LogP contribution is 2.41. The zero-order chi connectivity index (χ0) is 24.3. The lowest BCUT2D eigenvalue weighted by Gasteiger charge is -2.44. The summed E-state index contributed by atoms with van der Waals surface area (Å²) in [7, 11) is 0. The molecular formula is C30H40N2O3. The van der Waals surface area contributed by atoms with Gasteiger partial charge in [-0.1, -0.05) is 37.6 Å². The van der Waals surface area contributed by atoms with Crippen molar-refractivity contribution in [1.82, 2.24) is 9.80 Å². The third-order valence-corrected chi connectivity index (χ3v) is 8.36.